The molecule has 2 aromatic rings. The van der Waals surface area contributed by atoms with E-state index in [1.54, 1.807) is 20.8 Å². The van der Waals surface area contributed by atoms with Crippen LogP contribution in [-0.4, -0.2) is 68.9 Å². The van der Waals surface area contributed by atoms with Gasteiger partial charge in [-0.2, -0.15) is 36.7 Å². The number of aromatic nitrogens is 5. The molecule has 0 aliphatic carbocycles. The highest BCUT2D eigenvalue weighted by Gasteiger charge is 2.56. The number of rotatable bonds is 4. The molecular formula is C17H18F6N6O4. The number of ether oxygens (including phenoxy) is 2. The number of nitrogens with one attached hydrogen (secondary N) is 2. The van der Waals surface area contributed by atoms with Gasteiger partial charge in [0.15, 0.2) is 11.1 Å². The Morgan fingerprint density at radius 1 is 1.03 bits per heavy atom. The van der Waals surface area contributed by atoms with Crippen molar-refractivity contribution in [3.05, 3.63) is 11.5 Å². The second-order valence-corrected chi connectivity index (χ2v) is 8.27. The van der Waals surface area contributed by atoms with Crippen LogP contribution < -0.4 is 5.32 Å². The standard InChI is InChI=1S/C17H18F6N6O4/c1-14(2,3)11-25-9(8-10(26-11)28-29-27-8)15(33-13(31)17(21,22)23)4-5-24-7(15)6-32-12(30)16(18,19)20/h7,24H,4-6H2,1-3H3,(H,25,26,27,28,29)/t7-,15-/m0/s1. The van der Waals surface area contributed by atoms with Crippen LogP contribution >= 0.6 is 0 Å². The number of aromatic amines is 1. The lowest BCUT2D eigenvalue weighted by Crippen LogP contribution is -2.50. The lowest BCUT2D eigenvalue weighted by Gasteiger charge is -2.34. The van der Waals surface area contributed by atoms with E-state index in [9.17, 15) is 35.9 Å². The van der Waals surface area contributed by atoms with Crippen molar-refractivity contribution in [3.63, 3.8) is 0 Å². The SMILES string of the molecule is CC(C)(C)c1nc([C@]2(OC(=O)C(F)(F)F)CCN[C@H]2COC(=O)C(F)(F)F)c2n[nH]nc2n1. The van der Waals surface area contributed by atoms with Crippen LogP contribution in [-0.2, 0) is 30.1 Å². The molecule has 0 bridgehead atoms. The second kappa shape index (κ2) is 8.07. The van der Waals surface area contributed by atoms with Gasteiger partial charge in [0.25, 0.3) is 0 Å². The maximum absolute atomic E-state index is 13.1. The molecule has 10 nitrogen and oxygen atoms in total. The molecule has 0 saturated carbocycles. The molecule has 0 aromatic carbocycles. The van der Waals surface area contributed by atoms with E-state index >= 15 is 0 Å². The third kappa shape index (κ3) is 4.84. The molecule has 1 aliphatic rings. The molecule has 1 saturated heterocycles. The zero-order chi connectivity index (χ0) is 24.8. The number of hydrogen-bond acceptors (Lipinski definition) is 9. The summed E-state index contributed by atoms with van der Waals surface area (Å²) in [5, 5.41) is 12.5. The minimum atomic E-state index is -5.42. The van der Waals surface area contributed by atoms with E-state index in [1.165, 1.54) is 0 Å². The number of H-pyrrole nitrogens is 1. The highest BCUT2D eigenvalue weighted by atomic mass is 19.4. The first-order valence-electron chi connectivity index (χ1n) is 9.42. The molecule has 3 rings (SSSR count). The lowest BCUT2D eigenvalue weighted by molar-refractivity contribution is -0.219. The van der Waals surface area contributed by atoms with E-state index in [4.69, 9.17) is 4.74 Å². The van der Waals surface area contributed by atoms with Gasteiger partial charge in [-0.05, 0) is 6.54 Å². The van der Waals surface area contributed by atoms with E-state index < -0.39 is 48.0 Å². The Hall–Kier alpha value is -3.04. The molecule has 2 N–H and O–H groups in total. The number of esters is 2. The summed E-state index contributed by atoms with van der Waals surface area (Å²) in [5.41, 5.74) is -3.58. The van der Waals surface area contributed by atoms with Gasteiger partial charge in [-0.1, -0.05) is 20.8 Å². The van der Waals surface area contributed by atoms with Crippen LogP contribution in [0.4, 0.5) is 26.3 Å². The Kier molecular flexibility index (Phi) is 6.02. The number of carbonyl (C=O) groups excluding carboxylic acids is 2. The summed E-state index contributed by atoms with van der Waals surface area (Å²) in [6.45, 7) is 3.91. The first-order valence-corrected chi connectivity index (χ1v) is 9.42. The maximum atomic E-state index is 13.1. The van der Waals surface area contributed by atoms with E-state index in [1.807, 2.05) is 0 Å². The van der Waals surface area contributed by atoms with Gasteiger partial charge in [0.2, 0.25) is 5.65 Å². The molecule has 3 heterocycles. The molecule has 0 unspecified atom stereocenters. The molecule has 33 heavy (non-hydrogen) atoms. The van der Waals surface area contributed by atoms with Crippen molar-refractivity contribution in [2.75, 3.05) is 13.2 Å². The Morgan fingerprint density at radius 3 is 2.24 bits per heavy atom. The predicted molar refractivity (Wildman–Crippen MR) is 95.4 cm³/mol. The average molecular weight is 484 g/mol. The van der Waals surface area contributed by atoms with E-state index in [2.05, 4.69) is 35.4 Å². The summed E-state index contributed by atoms with van der Waals surface area (Å²) >= 11 is 0. The molecule has 0 amide bonds. The lowest BCUT2D eigenvalue weighted by atomic mass is 9.88. The fraction of sp³-hybridized carbons (Fsp3) is 0.647. The summed E-state index contributed by atoms with van der Waals surface area (Å²) in [6.07, 6.45) is -11.1. The van der Waals surface area contributed by atoms with Crippen LogP contribution in [0.5, 0.6) is 0 Å². The smallest absolute Gasteiger partial charge is 0.457 e. The molecule has 1 fully saturated rings. The monoisotopic (exact) mass is 484 g/mol. The van der Waals surface area contributed by atoms with Crippen LogP contribution in [0, 0.1) is 0 Å². The Bertz CT molecular complexity index is 1060. The van der Waals surface area contributed by atoms with Gasteiger partial charge < -0.3 is 14.8 Å². The topological polar surface area (TPSA) is 132 Å². The van der Waals surface area contributed by atoms with Gasteiger partial charge in [-0.3, -0.25) is 0 Å². The number of halogens is 6. The van der Waals surface area contributed by atoms with Crippen LogP contribution in [0.3, 0.4) is 0 Å². The summed E-state index contributed by atoms with van der Waals surface area (Å²) in [7, 11) is 0. The maximum Gasteiger partial charge on any atom is 0.490 e. The highest BCUT2D eigenvalue weighted by molar-refractivity contribution is 5.78. The van der Waals surface area contributed by atoms with Crippen molar-refractivity contribution in [1.29, 1.82) is 0 Å². The molecular weight excluding hydrogens is 466 g/mol. The van der Waals surface area contributed by atoms with Crippen molar-refractivity contribution in [1.82, 2.24) is 30.7 Å². The zero-order valence-corrected chi connectivity index (χ0v) is 17.4. The third-order valence-corrected chi connectivity index (χ3v) is 4.82. The molecule has 2 aromatic heterocycles. The van der Waals surface area contributed by atoms with Crippen molar-refractivity contribution in [2.45, 2.75) is 56.6 Å². The van der Waals surface area contributed by atoms with Gasteiger partial charge in [-0.15, -0.1) is 5.10 Å². The van der Waals surface area contributed by atoms with Crippen molar-refractivity contribution < 1.29 is 45.4 Å². The number of carbonyl (C=O) groups is 2. The van der Waals surface area contributed by atoms with E-state index in [0.29, 0.717) is 0 Å². The average Bonchev–Trinajstić information content (AvgIpc) is 3.30. The summed E-state index contributed by atoms with van der Waals surface area (Å²) in [4.78, 5) is 31.5. The predicted octanol–water partition coefficient (Wildman–Crippen LogP) is 1.81. The summed E-state index contributed by atoms with van der Waals surface area (Å²) in [5.74, 6) is -5.07. The van der Waals surface area contributed by atoms with Crippen LogP contribution in [0.25, 0.3) is 11.2 Å². The van der Waals surface area contributed by atoms with Crippen molar-refractivity contribution >= 4 is 23.1 Å². The normalized spacial score (nSPS) is 21.9. The van der Waals surface area contributed by atoms with E-state index in [-0.39, 0.29) is 35.6 Å². The zero-order valence-electron chi connectivity index (χ0n) is 17.4. The highest BCUT2D eigenvalue weighted by Crippen LogP contribution is 2.41. The summed E-state index contributed by atoms with van der Waals surface area (Å²) in [6, 6.07) is -1.52. The van der Waals surface area contributed by atoms with Gasteiger partial charge in [-0.25, -0.2) is 19.6 Å². The number of nitrogens with zero attached hydrogens (tertiary/aromatic N) is 4. The number of hydrogen-bond donors (Lipinski definition) is 2. The quantitative estimate of drug-likeness (QED) is 0.493. The third-order valence-electron chi connectivity index (χ3n) is 4.82. The molecule has 182 valence electrons. The molecule has 2 atom stereocenters. The van der Waals surface area contributed by atoms with E-state index in [0.717, 1.165) is 0 Å². The first kappa shape index (κ1) is 24.6. The van der Waals surface area contributed by atoms with Gasteiger partial charge >= 0.3 is 24.3 Å². The second-order valence-electron chi connectivity index (χ2n) is 8.27. The molecule has 1 aliphatic heterocycles. The van der Waals surface area contributed by atoms with Crippen LogP contribution in [0.1, 0.15) is 38.7 Å². The molecule has 0 radical (unpaired) electrons. The molecule has 16 heteroatoms. The summed E-state index contributed by atoms with van der Waals surface area (Å²) < 4.78 is 86.2. The minimum absolute atomic E-state index is 0.0645. The van der Waals surface area contributed by atoms with Crippen LogP contribution in [0.15, 0.2) is 0 Å². The Balaban J connectivity index is 2.15. The first-order chi connectivity index (χ1) is 15.1. The van der Waals surface area contributed by atoms with Gasteiger partial charge in [0.1, 0.15) is 18.1 Å². The van der Waals surface area contributed by atoms with Gasteiger partial charge in [0, 0.05) is 11.8 Å². The minimum Gasteiger partial charge on any atom is -0.457 e. The van der Waals surface area contributed by atoms with Crippen LogP contribution in [0.2, 0.25) is 0 Å². The fourth-order valence-corrected chi connectivity index (χ4v) is 3.26. The largest absolute Gasteiger partial charge is 0.490 e. The number of alkyl halides is 6. The number of fused-ring (bicyclic) bond motifs is 1. The van der Waals surface area contributed by atoms with Crippen molar-refractivity contribution in [2.24, 2.45) is 0 Å². The Labute approximate surface area is 181 Å². The molecule has 0 spiro atoms. The van der Waals surface area contributed by atoms with Gasteiger partial charge in [0.05, 0.1) is 6.04 Å². The van der Waals surface area contributed by atoms with Crippen molar-refractivity contribution in [3.8, 4) is 0 Å². The fourth-order valence-electron chi connectivity index (χ4n) is 3.26. The Morgan fingerprint density at radius 2 is 1.67 bits per heavy atom.